The van der Waals surface area contributed by atoms with Gasteiger partial charge in [0.2, 0.25) is 0 Å². The summed E-state index contributed by atoms with van der Waals surface area (Å²) >= 11 is 0. The summed E-state index contributed by atoms with van der Waals surface area (Å²) in [4.78, 5) is 11.8. The predicted octanol–water partition coefficient (Wildman–Crippen LogP) is 1.93. The van der Waals surface area contributed by atoms with Gasteiger partial charge in [0.05, 0.1) is 0 Å². The molecule has 14 heavy (non-hydrogen) atoms. The first-order valence-corrected chi connectivity index (χ1v) is 5.35. The molecule has 0 saturated heterocycles. The van der Waals surface area contributed by atoms with E-state index in [1.54, 1.807) is 6.92 Å². The smallest absolute Gasteiger partial charge is 0.164 e. The summed E-state index contributed by atoms with van der Waals surface area (Å²) in [6, 6.07) is 0. The molecule has 0 aromatic heterocycles. The lowest BCUT2D eigenvalue weighted by atomic mass is 9.75. The van der Waals surface area contributed by atoms with Crippen molar-refractivity contribution in [2.24, 2.45) is 17.3 Å². The Morgan fingerprint density at radius 2 is 2.36 bits per heavy atom. The van der Waals surface area contributed by atoms with E-state index in [9.17, 15) is 9.90 Å². The van der Waals surface area contributed by atoms with Gasteiger partial charge in [-0.05, 0) is 38.0 Å². The lowest BCUT2D eigenvalue weighted by molar-refractivity contribution is -0.132. The second kappa shape index (κ2) is 2.93. The molecule has 0 amide bonds. The molecule has 0 aromatic rings. The minimum atomic E-state index is -0.801. The Morgan fingerprint density at radius 1 is 1.71 bits per heavy atom. The van der Waals surface area contributed by atoms with E-state index in [0.29, 0.717) is 5.92 Å². The number of aliphatic hydroxyl groups excluding tert-OH is 1. The van der Waals surface area contributed by atoms with Crippen molar-refractivity contribution in [2.75, 3.05) is 0 Å². The molecule has 0 aliphatic heterocycles. The van der Waals surface area contributed by atoms with Gasteiger partial charge in [-0.2, -0.15) is 0 Å². The molecule has 0 aromatic carbocycles. The molecule has 3 unspecified atom stereocenters. The molecule has 78 valence electrons. The van der Waals surface area contributed by atoms with Crippen LogP contribution >= 0.6 is 0 Å². The van der Waals surface area contributed by atoms with Crippen molar-refractivity contribution in [3.63, 3.8) is 0 Å². The highest BCUT2D eigenvalue weighted by atomic mass is 16.3. The molecule has 2 aliphatic carbocycles. The molecule has 0 spiro atoms. The summed E-state index contributed by atoms with van der Waals surface area (Å²) in [5, 5.41) is 9.32. The van der Waals surface area contributed by atoms with Crippen molar-refractivity contribution >= 4 is 5.78 Å². The number of fused-ring (bicyclic) bond motifs is 2. The van der Waals surface area contributed by atoms with E-state index in [1.807, 2.05) is 0 Å². The summed E-state index contributed by atoms with van der Waals surface area (Å²) in [5.41, 5.74) is 1.46. The normalized spacial score (nSPS) is 42.4. The van der Waals surface area contributed by atoms with Gasteiger partial charge in [-0.3, -0.25) is 4.79 Å². The van der Waals surface area contributed by atoms with Crippen LogP contribution < -0.4 is 0 Å². The van der Waals surface area contributed by atoms with Gasteiger partial charge in [0, 0.05) is 5.92 Å². The van der Waals surface area contributed by atoms with Crippen LogP contribution in [-0.2, 0) is 4.79 Å². The van der Waals surface area contributed by atoms with Gasteiger partial charge in [-0.15, -0.1) is 0 Å². The summed E-state index contributed by atoms with van der Waals surface area (Å²) in [6.07, 6.45) is 3.49. The second-order valence-corrected chi connectivity index (χ2v) is 5.16. The van der Waals surface area contributed by atoms with Gasteiger partial charge < -0.3 is 5.11 Å². The first-order valence-electron chi connectivity index (χ1n) is 5.35. The summed E-state index contributed by atoms with van der Waals surface area (Å²) < 4.78 is 0. The fourth-order valence-electron chi connectivity index (χ4n) is 3.19. The number of allylic oxidation sites excluding steroid dienone is 2. The van der Waals surface area contributed by atoms with Gasteiger partial charge in [-0.1, -0.05) is 18.6 Å². The van der Waals surface area contributed by atoms with Crippen molar-refractivity contribution < 1.29 is 9.90 Å². The zero-order valence-corrected chi connectivity index (χ0v) is 9.08. The van der Waals surface area contributed by atoms with Crippen LogP contribution in [0.1, 0.15) is 33.6 Å². The highest BCUT2D eigenvalue weighted by molar-refractivity contribution is 5.86. The SMILES string of the molecule is CC1=CC2(C)CC1CC2C(=O)[C@H](C)O. The number of ketones is 1. The van der Waals surface area contributed by atoms with Crippen molar-refractivity contribution in [3.05, 3.63) is 11.6 Å². The van der Waals surface area contributed by atoms with Crippen LogP contribution in [0.5, 0.6) is 0 Å². The van der Waals surface area contributed by atoms with Gasteiger partial charge in [0.25, 0.3) is 0 Å². The third-order valence-electron chi connectivity index (χ3n) is 3.96. The molecule has 1 N–H and O–H groups in total. The molecular weight excluding hydrogens is 176 g/mol. The summed E-state index contributed by atoms with van der Waals surface area (Å²) in [5.74, 6) is 0.669. The Kier molecular flexibility index (Phi) is 2.07. The lowest BCUT2D eigenvalue weighted by Gasteiger charge is -2.28. The van der Waals surface area contributed by atoms with Crippen LogP contribution in [-0.4, -0.2) is 17.0 Å². The average molecular weight is 194 g/mol. The Hall–Kier alpha value is -0.630. The Morgan fingerprint density at radius 3 is 2.71 bits per heavy atom. The van der Waals surface area contributed by atoms with Crippen LogP contribution in [0.2, 0.25) is 0 Å². The van der Waals surface area contributed by atoms with Gasteiger partial charge in [0.1, 0.15) is 6.10 Å². The van der Waals surface area contributed by atoms with Gasteiger partial charge >= 0.3 is 0 Å². The van der Waals surface area contributed by atoms with Crippen LogP contribution in [0, 0.1) is 17.3 Å². The maximum atomic E-state index is 11.8. The quantitative estimate of drug-likeness (QED) is 0.682. The number of Topliss-reactive ketones (excluding diaryl/α,β-unsaturated/α-hetero) is 1. The second-order valence-electron chi connectivity index (χ2n) is 5.16. The molecule has 0 heterocycles. The molecule has 2 bridgehead atoms. The molecule has 1 saturated carbocycles. The number of hydrogen-bond donors (Lipinski definition) is 1. The highest BCUT2D eigenvalue weighted by Crippen LogP contribution is 2.56. The predicted molar refractivity (Wildman–Crippen MR) is 54.8 cm³/mol. The molecule has 4 atom stereocenters. The molecule has 0 radical (unpaired) electrons. The molecule has 2 nitrogen and oxygen atoms in total. The molecule has 2 aliphatic rings. The van der Waals surface area contributed by atoms with Gasteiger partial charge in [0.15, 0.2) is 5.78 Å². The fraction of sp³-hybridized carbons (Fsp3) is 0.750. The number of carbonyl (C=O) groups is 1. The minimum Gasteiger partial charge on any atom is -0.386 e. The average Bonchev–Trinajstić information content (AvgIpc) is 2.54. The van der Waals surface area contributed by atoms with E-state index in [2.05, 4.69) is 19.9 Å². The number of hydrogen-bond acceptors (Lipinski definition) is 2. The topological polar surface area (TPSA) is 37.3 Å². The fourth-order valence-corrected chi connectivity index (χ4v) is 3.19. The van der Waals surface area contributed by atoms with E-state index >= 15 is 0 Å². The molecule has 2 heteroatoms. The van der Waals surface area contributed by atoms with Crippen LogP contribution in [0.15, 0.2) is 11.6 Å². The molecule has 2 rings (SSSR count). The molecular formula is C12H18O2. The Bertz CT molecular complexity index is 303. The lowest BCUT2D eigenvalue weighted by Crippen LogP contribution is -2.33. The minimum absolute atomic E-state index is 0.0266. The third kappa shape index (κ3) is 1.24. The largest absolute Gasteiger partial charge is 0.386 e. The van der Waals surface area contributed by atoms with Crippen molar-refractivity contribution in [1.29, 1.82) is 0 Å². The zero-order chi connectivity index (χ0) is 10.5. The maximum absolute atomic E-state index is 11.8. The number of carbonyl (C=O) groups excluding carboxylic acids is 1. The van der Waals surface area contributed by atoms with E-state index in [1.165, 1.54) is 5.57 Å². The van der Waals surface area contributed by atoms with E-state index in [0.717, 1.165) is 12.8 Å². The Labute approximate surface area is 85.0 Å². The van der Waals surface area contributed by atoms with Crippen LogP contribution in [0.4, 0.5) is 0 Å². The summed E-state index contributed by atoms with van der Waals surface area (Å²) in [7, 11) is 0. The van der Waals surface area contributed by atoms with Crippen molar-refractivity contribution in [3.8, 4) is 0 Å². The van der Waals surface area contributed by atoms with Crippen molar-refractivity contribution in [1.82, 2.24) is 0 Å². The first kappa shape index (κ1) is 9.91. The monoisotopic (exact) mass is 194 g/mol. The van der Waals surface area contributed by atoms with Crippen molar-refractivity contribution in [2.45, 2.75) is 39.7 Å². The maximum Gasteiger partial charge on any atom is 0.164 e. The molecule has 1 fully saturated rings. The van der Waals surface area contributed by atoms with E-state index in [-0.39, 0.29) is 17.1 Å². The zero-order valence-electron chi connectivity index (χ0n) is 9.08. The van der Waals surface area contributed by atoms with Crippen LogP contribution in [0.3, 0.4) is 0 Å². The standard InChI is InChI=1S/C12H18O2/c1-7-5-12(3)6-9(7)4-10(12)11(14)8(2)13/h5,8-10,13H,4,6H2,1-3H3/t8-,9?,10?,12?/m0/s1. The van der Waals surface area contributed by atoms with E-state index in [4.69, 9.17) is 0 Å². The Balaban J connectivity index is 2.23. The highest BCUT2D eigenvalue weighted by Gasteiger charge is 2.50. The summed E-state index contributed by atoms with van der Waals surface area (Å²) in [6.45, 7) is 5.88. The van der Waals surface area contributed by atoms with Gasteiger partial charge in [-0.25, -0.2) is 0 Å². The first-order chi connectivity index (χ1) is 6.44. The van der Waals surface area contributed by atoms with Crippen LogP contribution in [0.25, 0.3) is 0 Å². The number of rotatable bonds is 2. The number of aliphatic hydroxyl groups is 1. The van der Waals surface area contributed by atoms with E-state index < -0.39 is 6.10 Å². The third-order valence-corrected chi connectivity index (χ3v) is 3.96.